The molecule has 1 aromatic heterocycles. The number of hydrazone groups is 1. The number of methoxy groups -OCH3 is 2. The minimum absolute atomic E-state index is 0.191. The Morgan fingerprint density at radius 1 is 1.14 bits per heavy atom. The average molecular weight is 410 g/mol. The van der Waals surface area contributed by atoms with Crippen LogP contribution in [0.4, 0.5) is 0 Å². The van der Waals surface area contributed by atoms with Gasteiger partial charge in [-0.2, -0.15) is 5.10 Å². The molecule has 3 aromatic rings. The van der Waals surface area contributed by atoms with Crippen molar-refractivity contribution in [2.24, 2.45) is 5.10 Å². The number of nitrogens with zero attached hydrogens (tertiary/aromatic N) is 2. The number of amides is 1. The molecule has 1 heterocycles. The molecule has 3 rings (SSSR count). The van der Waals surface area contributed by atoms with Gasteiger partial charge in [-0.1, -0.05) is 11.6 Å². The van der Waals surface area contributed by atoms with Crippen LogP contribution < -0.4 is 14.9 Å². The first-order valence-corrected chi connectivity index (χ1v) is 10.0. The summed E-state index contributed by atoms with van der Waals surface area (Å²) in [6.07, 6.45) is 1.54. The van der Waals surface area contributed by atoms with Gasteiger partial charge in [-0.25, -0.2) is 5.43 Å². The molecule has 0 saturated carbocycles. The third-order valence-electron chi connectivity index (χ3n) is 4.24. The van der Waals surface area contributed by atoms with Gasteiger partial charge in [0, 0.05) is 21.5 Å². The van der Waals surface area contributed by atoms with Gasteiger partial charge in [-0.3, -0.25) is 9.78 Å². The van der Waals surface area contributed by atoms with Crippen LogP contribution in [-0.2, 0) is 4.79 Å². The zero-order valence-corrected chi connectivity index (χ0v) is 17.7. The van der Waals surface area contributed by atoms with Gasteiger partial charge in [0.1, 0.15) is 11.5 Å². The van der Waals surface area contributed by atoms with Crippen LogP contribution in [0, 0.1) is 13.8 Å². The van der Waals surface area contributed by atoms with Crippen molar-refractivity contribution in [2.75, 3.05) is 20.0 Å². The van der Waals surface area contributed by atoms with Crippen LogP contribution in [0.1, 0.15) is 16.8 Å². The molecule has 0 fully saturated rings. The fourth-order valence-electron chi connectivity index (χ4n) is 2.84. The van der Waals surface area contributed by atoms with E-state index in [1.807, 2.05) is 32.0 Å². The highest BCUT2D eigenvalue weighted by molar-refractivity contribution is 8.00. The van der Waals surface area contributed by atoms with Crippen molar-refractivity contribution in [3.05, 3.63) is 59.3 Å². The van der Waals surface area contributed by atoms with Crippen LogP contribution >= 0.6 is 11.8 Å². The van der Waals surface area contributed by atoms with Crippen LogP contribution in [0.3, 0.4) is 0 Å². The van der Waals surface area contributed by atoms with Gasteiger partial charge < -0.3 is 9.47 Å². The van der Waals surface area contributed by atoms with E-state index in [0.29, 0.717) is 17.1 Å². The van der Waals surface area contributed by atoms with E-state index in [1.54, 1.807) is 38.6 Å². The zero-order valence-electron chi connectivity index (χ0n) is 16.9. The first kappa shape index (κ1) is 20.7. The van der Waals surface area contributed by atoms with Crippen LogP contribution in [0.15, 0.2) is 52.5 Å². The highest BCUT2D eigenvalue weighted by atomic mass is 32.2. The fourth-order valence-corrected chi connectivity index (χ4v) is 3.77. The first-order valence-electron chi connectivity index (χ1n) is 9.05. The molecule has 0 saturated heterocycles. The molecule has 1 amide bonds. The monoisotopic (exact) mass is 409 g/mol. The standard InChI is InChI=1S/C22H23N3O3S/c1-14-5-7-19-18(9-14)21(10-15(2)24-19)29-13-22(26)25-23-12-16-11-17(27-3)6-8-20(16)28-4/h5-12H,13H2,1-4H3,(H,25,26)/b23-12+. The van der Waals surface area contributed by atoms with Crippen molar-refractivity contribution in [2.45, 2.75) is 18.7 Å². The Labute approximate surface area is 174 Å². The van der Waals surface area contributed by atoms with E-state index >= 15 is 0 Å². The Hall–Kier alpha value is -3.06. The number of hydrogen-bond donors (Lipinski definition) is 1. The third-order valence-corrected chi connectivity index (χ3v) is 5.30. The molecule has 0 aliphatic heterocycles. The van der Waals surface area contributed by atoms with Gasteiger partial charge in [0.05, 0.1) is 31.7 Å². The number of pyridine rings is 1. The lowest BCUT2D eigenvalue weighted by Gasteiger charge is -2.08. The van der Waals surface area contributed by atoms with Gasteiger partial charge in [-0.15, -0.1) is 11.8 Å². The van der Waals surface area contributed by atoms with Crippen molar-refractivity contribution < 1.29 is 14.3 Å². The van der Waals surface area contributed by atoms with E-state index in [-0.39, 0.29) is 11.7 Å². The molecule has 0 unspecified atom stereocenters. The molecule has 6 nitrogen and oxygen atoms in total. The summed E-state index contributed by atoms with van der Waals surface area (Å²) in [6.45, 7) is 4.00. The molecule has 2 aromatic carbocycles. The van der Waals surface area contributed by atoms with E-state index < -0.39 is 0 Å². The molecule has 0 bridgehead atoms. The lowest BCUT2D eigenvalue weighted by atomic mass is 10.1. The number of thioether (sulfide) groups is 1. The smallest absolute Gasteiger partial charge is 0.250 e. The zero-order chi connectivity index (χ0) is 20.8. The minimum atomic E-state index is -0.191. The maximum Gasteiger partial charge on any atom is 0.250 e. The number of hydrogen-bond acceptors (Lipinski definition) is 6. The molecular weight excluding hydrogens is 386 g/mol. The highest BCUT2D eigenvalue weighted by Crippen LogP contribution is 2.28. The Kier molecular flexibility index (Phi) is 6.72. The predicted octanol–water partition coefficient (Wildman–Crippen LogP) is 4.11. The summed E-state index contributed by atoms with van der Waals surface area (Å²) in [5.41, 5.74) is 6.29. The number of ether oxygens (including phenoxy) is 2. The molecule has 0 radical (unpaired) electrons. The molecule has 7 heteroatoms. The largest absolute Gasteiger partial charge is 0.497 e. The van der Waals surface area contributed by atoms with Crippen molar-refractivity contribution >= 4 is 34.8 Å². The number of aromatic nitrogens is 1. The molecule has 0 atom stereocenters. The molecule has 1 N–H and O–H groups in total. The second kappa shape index (κ2) is 9.43. The summed E-state index contributed by atoms with van der Waals surface area (Å²) in [6, 6.07) is 13.5. The van der Waals surface area contributed by atoms with Crippen molar-refractivity contribution in [3.8, 4) is 11.5 Å². The van der Waals surface area contributed by atoms with Crippen molar-refractivity contribution in [3.63, 3.8) is 0 Å². The SMILES string of the molecule is COc1ccc(OC)c(/C=N/NC(=O)CSc2cc(C)nc3ccc(C)cc23)c1. The second-order valence-electron chi connectivity index (χ2n) is 6.47. The van der Waals surface area contributed by atoms with Gasteiger partial charge >= 0.3 is 0 Å². The van der Waals surface area contributed by atoms with Crippen LogP contribution in [0.2, 0.25) is 0 Å². The Bertz CT molecular complexity index is 1070. The van der Waals surface area contributed by atoms with E-state index in [2.05, 4.69) is 21.6 Å². The lowest BCUT2D eigenvalue weighted by Crippen LogP contribution is -2.19. The summed E-state index contributed by atoms with van der Waals surface area (Å²) < 4.78 is 10.5. The summed E-state index contributed by atoms with van der Waals surface area (Å²) in [5, 5.41) is 5.10. The minimum Gasteiger partial charge on any atom is -0.497 e. The predicted molar refractivity (Wildman–Crippen MR) is 117 cm³/mol. The molecule has 29 heavy (non-hydrogen) atoms. The normalized spacial score (nSPS) is 11.0. The summed E-state index contributed by atoms with van der Waals surface area (Å²) in [4.78, 5) is 17.8. The van der Waals surface area contributed by atoms with E-state index in [0.717, 1.165) is 27.1 Å². The van der Waals surface area contributed by atoms with Crippen LogP contribution in [-0.4, -0.2) is 37.1 Å². The summed E-state index contributed by atoms with van der Waals surface area (Å²) in [7, 11) is 3.17. The topological polar surface area (TPSA) is 72.8 Å². The Morgan fingerprint density at radius 2 is 1.97 bits per heavy atom. The number of benzene rings is 2. The quantitative estimate of drug-likeness (QED) is 0.361. The molecule has 0 aliphatic carbocycles. The van der Waals surface area contributed by atoms with Crippen molar-refractivity contribution in [1.82, 2.24) is 10.4 Å². The lowest BCUT2D eigenvalue weighted by molar-refractivity contribution is -0.118. The van der Waals surface area contributed by atoms with Crippen LogP contribution in [0.5, 0.6) is 11.5 Å². The van der Waals surface area contributed by atoms with Gasteiger partial charge in [-0.05, 0) is 50.2 Å². The summed E-state index contributed by atoms with van der Waals surface area (Å²) in [5.74, 6) is 1.39. The second-order valence-corrected chi connectivity index (χ2v) is 7.49. The molecule has 0 aliphatic rings. The Morgan fingerprint density at radius 3 is 2.72 bits per heavy atom. The highest BCUT2D eigenvalue weighted by Gasteiger charge is 2.08. The van der Waals surface area contributed by atoms with Gasteiger partial charge in [0.2, 0.25) is 5.91 Å². The van der Waals surface area contributed by atoms with E-state index in [9.17, 15) is 4.79 Å². The van der Waals surface area contributed by atoms with Crippen LogP contribution in [0.25, 0.3) is 10.9 Å². The summed E-state index contributed by atoms with van der Waals surface area (Å²) >= 11 is 1.47. The number of rotatable bonds is 7. The number of carbonyl (C=O) groups excluding carboxylic acids is 1. The first-order chi connectivity index (χ1) is 14.0. The maximum atomic E-state index is 12.3. The fraction of sp³-hybridized carbons (Fsp3) is 0.227. The molecular formula is C22H23N3O3S. The molecule has 150 valence electrons. The molecule has 0 spiro atoms. The van der Waals surface area contributed by atoms with Gasteiger partial charge in [0.25, 0.3) is 0 Å². The Balaban J connectivity index is 1.66. The number of nitrogens with one attached hydrogen (secondary N) is 1. The number of fused-ring (bicyclic) bond motifs is 1. The average Bonchev–Trinajstić information content (AvgIpc) is 2.72. The number of carbonyl (C=O) groups is 1. The van der Waals surface area contributed by atoms with E-state index in [1.165, 1.54) is 11.8 Å². The maximum absolute atomic E-state index is 12.3. The van der Waals surface area contributed by atoms with Crippen molar-refractivity contribution in [1.29, 1.82) is 0 Å². The number of aryl methyl sites for hydroxylation is 2. The third kappa shape index (κ3) is 5.26. The van der Waals surface area contributed by atoms with E-state index in [4.69, 9.17) is 9.47 Å². The van der Waals surface area contributed by atoms with Gasteiger partial charge in [0.15, 0.2) is 0 Å².